The van der Waals surface area contributed by atoms with Crippen LogP contribution in [0, 0.1) is 11.8 Å². The molecule has 10 rings (SSSR count). The number of amides is 7. The third kappa shape index (κ3) is 11.0. The number of aromatic nitrogens is 4. The summed E-state index contributed by atoms with van der Waals surface area (Å²) in [5.74, 6) is -3.32. The number of aryl methyl sites for hydroxylation is 2. The van der Waals surface area contributed by atoms with Crippen LogP contribution in [0.1, 0.15) is 121 Å². The number of primary amides is 1. The molecule has 0 spiro atoms. The van der Waals surface area contributed by atoms with E-state index in [0.717, 1.165) is 41.5 Å². The summed E-state index contributed by atoms with van der Waals surface area (Å²) in [6.07, 6.45) is 6.00. The summed E-state index contributed by atoms with van der Waals surface area (Å²) < 4.78 is 15.6. The van der Waals surface area contributed by atoms with Crippen molar-refractivity contribution < 1.29 is 52.7 Å². The summed E-state index contributed by atoms with van der Waals surface area (Å²) in [5, 5.41) is 9.12. The minimum absolute atomic E-state index is 0.0261. The van der Waals surface area contributed by atoms with Gasteiger partial charge in [0.25, 0.3) is 11.4 Å². The first-order valence-electron chi connectivity index (χ1n) is 25.9. The van der Waals surface area contributed by atoms with Gasteiger partial charge in [0.1, 0.15) is 28.8 Å². The summed E-state index contributed by atoms with van der Waals surface area (Å²) in [6, 6.07) is 14.3. The van der Waals surface area contributed by atoms with E-state index in [2.05, 4.69) is 20.9 Å². The Morgan fingerprint density at radius 2 is 1.69 bits per heavy atom. The van der Waals surface area contributed by atoms with Crippen LogP contribution in [-0.2, 0) is 46.8 Å². The van der Waals surface area contributed by atoms with Gasteiger partial charge in [0.2, 0.25) is 35.4 Å². The van der Waals surface area contributed by atoms with E-state index in [4.69, 9.17) is 10.7 Å². The Morgan fingerprint density at radius 3 is 2.43 bits per heavy atom. The topological polar surface area (TPSA) is 318 Å². The number of imidazole rings is 1. The summed E-state index contributed by atoms with van der Waals surface area (Å²) in [4.78, 5) is 150. The molecule has 404 valence electrons. The Hall–Kier alpha value is -7.33. The van der Waals surface area contributed by atoms with E-state index in [-0.39, 0.29) is 73.5 Å². The average molecular weight is 1090 g/mol. The Kier molecular flexibility index (Phi) is 14.9. The molecule has 3 aliphatic heterocycles. The number of hydrogen-bond donors (Lipinski definition) is 7. The van der Waals surface area contributed by atoms with Gasteiger partial charge in [-0.25, -0.2) is 9.78 Å². The first-order valence-corrected chi connectivity index (χ1v) is 28.4. The van der Waals surface area contributed by atoms with Crippen molar-refractivity contribution in [3.8, 4) is 0 Å². The van der Waals surface area contributed by atoms with Crippen LogP contribution in [0.4, 0.5) is 0 Å². The number of carbonyl (C=O) groups is 8. The normalized spacial score (nSPS) is 22.6. The standard InChI is InChI=1S/C53H59N10O12PS/c1-60-42-24-29(10-17-39(42)63(53(60)72)41-19-21-45(65)59-48(41)68)7-6-28-8-11-30(12-9-28)50(69)61-23-22-33-14-18-40(47(67)56-36(16-20-44(54)64)49-58-35-4-2-3-5-43(35)77-49)62(33)51(70)38(27-61)57-46(66)37-26-32-25-31(13-15-34(32)55-37)52(71)76(73,74)75/h2-5,10,13,15,17,24-26,28,30,33,36,38,40-41,55H,6-9,11-12,14,16,18-23,27H2,1H3,(H2,54,64)(H,56,67)(H,57,66)(H,59,65,68)(H2,73,74,75)/t28?,30?,33-,36+,38+,40+,41?/m1/s1. The van der Waals surface area contributed by atoms with Crippen LogP contribution < -0.4 is 27.4 Å². The number of H-pyrrole nitrogens is 1. The van der Waals surface area contributed by atoms with E-state index < -0.39 is 72.9 Å². The van der Waals surface area contributed by atoms with Gasteiger partial charge in [-0.1, -0.05) is 18.2 Å². The van der Waals surface area contributed by atoms with Crippen molar-refractivity contribution in [2.45, 2.75) is 114 Å². The van der Waals surface area contributed by atoms with Crippen LogP contribution in [-0.4, -0.2) is 117 Å². The van der Waals surface area contributed by atoms with Crippen molar-refractivity contribution in [3.63, 3.8) is 0 Å². The molecule has 77 heavy (non-hydrogen) atoms. The van der Waals surface area contributed by atoms with Gasteiger partial charge in [0.05, 0.1) is 27.3 Å². The lowest BCUT2D eigenvalue weighted by atomic mass is 9.79. The molecule has 0 bridgehead atoms. The highest BCUT2D eigenvalue weighted by Crippen LogP contribution is 2.40. The van der Waals surface area contributed by atoms with Gasteiger partial charge in [-0.05, 0) is 131 Å². The molecule has 1 saturated carbocycles. The van der Waals surface area contributed by atoms with Crippen LogP contribution in [0.3, 0.4) is 0 Å². The minimum atomic E-state index is -5.10. The maximum atomic E-state index is 15.1. The highest BCUT2D eigenvalue weighted by Gasteiger charge is 2.47. The third-order valence-electron chi connectivity index (χ3n) is 15.8. The SMILES string of the molecule is Cn1c(=O)n(C2CCC(=O)NC2=O)c2ccc(CCC3CCC(C(=O)N4CC[C@H]5CC[C@@H](C(=O)N[C@@H](CCC(N)=O)c6nc7ccccc7s6)N5C(=O)[C@@H](NC(=O)c5cc6cc(C(=O)P(=O)(O)O)ccc6[nH]5)C4)CC3)cc21. The molecule has 5 atom stereocenters. The maximum absolute atomic E-state index is 15.1. The average Bonchev–Trinajstić information content (AvgIpc) is 4.20. The number of piperidine rings is 1. The Morgan fingerprint density at radius 1 is 0.909 bits per heavy atom. The molecule has 24 heteroatoms. The fourth-order valence-corrected chi connectivity index (χ4v) is 13.2. The second-order valence-corrected chi connectivity index (χ2v) is 23.3. The number of rotatable bonds is 15. The van der Waals surface area contributed by atoms with Crippen LogP contribution in [0.15, 0.2) is 71.5 Å². The molecule has 3 aromatic heterocycles. The molecule has 4 fully saturated rings. The molecule has 4 aliphatic rings. The Bertz CT molecular complexity index is 3460. The highest BCUT2D eigenvalue weighted by atomic mass is 32.1. The molecule has 3 aromatic carbocycles. The van der Waals surface area contributed by atoms with Crippen molar-refractivity contribution in [1.82, 2.24) is 44.9 Å². The molecule has 8 N–H and O–H groups in total. The third-order valence-corrected chi connectivity index (χ3v) is 17.7. The lowest BCUT2D eigenvalue weighted by Crippen LogP contribution is -2.61. The van der Waals surface area contributed by atoms with Gasteiger partial charge < -0.3 is 40.9 Å². The maximum Gasteiger partial charge on any atom is 0.396 e. The molecular formula is C53H59N10O12PS. The van der Waals surface area contributed by atoms with Crippen molar-refractivity contribution in [2.75, 3.05) is 13.1 Å². The lowest BCUT2D eigenvalue weighted by molar-refractivity contribution is -0.146. The van der Waals surface area contributed by atoms with Gasteiger partial charge in [-0.3, -0.25) is 57.4 Å². The molecule has 22 nitrogen and oxygen atoms in total. The first kappa shape index (κ1) is 53.1. The van der Waals surface area contributed by atoms with E-state index in [9.17, 15) is 52.7 Å². The van der Waals surface area contributed by atoms with Crippen LogP contribution in [0.2, 0.25) is 0 Å². The van der Waals surface area contributed by atoms with Gasteiger partial charge in [0, 0.05) is 61.4 Å². The molecule has 0 radical (unpaired) electrons. The highest BCUT2D eigenvalue weighted by molar-refractivity contribution is 7.70. The van der Waals surface area contributed by atoms with Gasteiger partial charge in [-0.2, -0.15) is 0 Å². The quantitative estimate of drug-likeness (QED) is 0.0566. The molecule has 1 aliphatic carbocycles. The summed E-state index contributed by atoms with van der Waals surface area (Å²) in [7, 11) is -3.44. The molecule has 7 amide bonds. The zero-order valence-electron chi connectivity index (χ0n) is 42.1. The summed E-state index contributed by atoms with van der Waals surface area (Å²) >= 11 is 1.38. The second-order valence-electron chi connectivity index (χ2n) is 20.8. The number of benzene rings is 3. The number of nitrogens with one attached hydrogen (secondary N) is 4. The van der Waals surface area contributed by atoms with Crippen LogP contribution in [0.5, 0.6) is 0 Å². The number of hydrogen-bond acceptors (Lipinski definition) is 12. The Balaban J connectivity index is 0.843. The number of imide groups is 1. The fourth-order valence-electron chi connectivity index (χ4n) is 11.7. The fraction of sp³-hybridized carbons (Fsp3) is 0.434. The predicted octanol–water partition coefficient (Wildman–Crippen LogP) is 3.98. The number of carbonyl (C=O) groups excluding carboxylic acids is 8. The lowest BCUT2D eigenvalue weighted by Gasteiger charge is -2.40. The number of thiazole rings is 1. The second kappa shape index (κ2) is 21.6. The molecule has 6 heterocycles. The number of fused-ring (bicyclic) bond motifs is 4. The largest absolute Gasteiger partial charge is 0.396 e. The number of para-hydroxylation sites is 1. The van der Waals surface area contributed by atoms with Crippen molar-refractivity contribution in [1.29, 1.82) is 0 Å². The van der Waals surface area contributed by atoms with E-state index in [0.29, 0.717) is 65.0 Å². The van der Waals surface area contributed by atoms with Crippen LogP contribution >= 0.6 is 18.9 Å². The van der Waals surface area contributed by atoms with E-state index in [1.165, 1.54) is 49.6 Å². The predicted molar refractivity (Wildman–Crippen MR) is 282 cm³/mol. The van der Waals surface area contributed by atoms with Crippen LogP contribution in [0.25, 0.3) is 32.2 Å². The van der Waals surface area contributed by atoms with Crippen molar-refractivity contribution in [3.05, 3.63) is 99.0 Å². The minimum Gasteiger partial charge on any atom is -0.370 e. The summed E-state index contributed by atoms with van der Waals surface area (Å²) in [5.41, 5.74) is 6.98. The zero-order valence-corrected chi connectivity index (χ0v) is 43.9. The van der Waals surface area contributed by atoms with Gasteiger partial charge >= 0.3 is 13.3 Å². The van der Waals surface area contributed by atoms with E-state index >= 15 is 4.79 Å². The summed E-state index contributed by atoms with van der Waals surface area (Å²) in [6.45, 7) is 0.0606. The first-order chi connectivity index (χ1) is 36.8. The van der Waals surface area contributed by atoms with Gasteiger partial charge in [-0.15, -0.1) is 11.3 Å². The van der Waals surface area contributed by atoms with Crippen molar-refractivity contribution >= 4 is 98.0 Å². The smallest absolute Gasteiger partial charge is 0.370 e. The molecule has 1 unspecified atom stereocenters. The Labute approximate surface area is 444 Å². The molecule has 3 saturated heterocycles. The molecular weight excluding hydrogens is 1030 g/mol. The van der Waals surface area contributed by atoms with Crippen molar-refractivity contribution in [2.24, 2.45) is 24.6 Å². The molecule has 6 aromatic rings. The van der Waals surface area contributed by atoms with E-state index in [1.807, 2.05) is 42.5 Å². The van der Waals surface area contributed by atoms with Gasteiger partial charge in [0.15, 0.2) is 0 Å². The number of aromatic amines is 1. The number of nitrogens with zero attached hydrogens (tertiary/aromatic N) is 5. The van der Waals surface area contributed by atoms with E-state index in [1.54, 1.807) is 11.9 Å². The number of nitrogens with two attached hydrogens (primary N) is 1. The zero-order chi connectivity index (χ0) is 54.4. The monoisotopic (exact) mass is 1090 g/mol.